The summed E-state index contributed by atoms with van der Waals surface area (Å²) in [5, 5.41) is 10.7. The molecule has 21 heavy (non-hydrogen) atoms. The highest BCUT2D eigenvalue weighted by Gasteiger charge is 2.17. The molecule has 0 spiro atoms. The molecule has 1 N–H and O–H groups in total. The average molecular weight is 325 g/mol. The number of ether oxygens (including phenoxy) is 1. The monoisotopic (exact) mass is 325 g/mol. The van der Waals surface area contributed by atoms with Crippen LogP contribution in [0.25, 0.3) is 10.4 Å². The molecule has 0 bridgehead atoms. The first-order valence-electron chi connectivity index (χ1n) is 6.15. The number of hydrogen-bond donors (Lipinski definition) is 1. The first kappa shape index (κ1) is 15.7. The topological polar surface area (TPSA) is 66.8 Å². The van der Waals surface area contributed by atoms with Crippen LogP contribution in [0, 0.1) is 0 Å². The molecule has 0 atom stereocenters. The summed E-state index contributed by atoms with van der Waals surface area (Å²) in [6, 6.07) is 5.65. The predicted molar refractivity (Wildman–Crippen MR) is 82.9 cm³/mol. The summed E-state index contributed by atoms with van der Waals surface area (Å²) >= 11 is 2.97. The first-order chi connectivity index (χ1) is 10.0. The molecule has 5 nitrogen and oxygen atoms in total. The summed E-state index contributed by atoms with van der Waals surface area (Å²) < 4.78 is 5.09. The van der Waals surface area contributed by atoms with E-state index in [2.05, 4.69) is 0 Å². The van der Waals surface area contributed by atoms with Crippen LogP contribution >= 0.6 is 22.7 Å². The largest absolute Gasteiger partial charge is 0.480 e. The van der Waals surface area contributed by atoms with Crippen molar-refractivity contribution in [3.63, 3.8) is 0 Å². The molecule has 2 aromatic rings. The highest BCUT2D eigenvalue weighted by Crippen LogP contribution is 2.32. The van der Waals surface area contributed by atoms with Crippen LogP contribution in [0.5, 0.6) is 0 Å². The lowest BCUT2D eigenvalue weighted by atomic mass is 10.2. The number of amides is 1. The van der Waals surface area contributed by atoms with Crippen LogP contribution in [0.15, 0.2) is 23.6 Å². The van der Waals surface area contributed by atoms with Gasteiger partial charge in [-0.15, -0.1) is 22.7 Å². The fourth-order valence-corrected chi connectivity index (χ4v) is 3.72. The van der Waals surface area contributed by atoms with Gasteiger partial charge in [-0.1, -0.05) is 0 Å². The van der Waals surface area contributed by atoms with Crippen molar-refractivity contribution < 1.29 is 19.4 Å². The number of methoxy groups -OCH3 is 1. The van der Waals surface area contributed by atoms with Gasteiger partial charge in [0.25, 0.3) is 5.91 Å². The van der Waals surface area contributed by atoms with E-state index in [0.29, 0.717) is 11.5 Å². The number of nitrogens with zero attached hydrogens (tertiary/aromatic N) is 1. The van der Waals surface area contributed by atoms with Crippen LogP contribution < -0.4 is 0 Å². The standard InChI is InChI=1S/C14H15NO4S2/c1-15(6-13(16)17)14(18)12-4-3-11(21-12)9-5-10(7-19-2)20-8-9/h3-5,8H,6-7H2,1-2H3,(H,16,17). The Balaban J connectivity index is 2.13. The smallest absolute Gasteiger partial charge is 0.323 e. The summed E-state index contributed by atoms with van der Waals surface area (Å²) in [6.45, 7) is 0.270. The van der Waals surface area contributed by atoms with Gasteiger partial charge in [-0.05, 0) is 23.6 Å². The van der Waals surface area contributed by atoms with Crippen LogP contribution in [0.1, 0.15) is 14.5 Å². The normalized spacial score (nSPS) is 10.6. The van der Waals surface area contributed by atoms with E-state index in [1.54, 1.807) is 24.5 Å². The molecule has 0 aliphatic carbocycles. The van der Waals surface area contributed by atoms with Gasteiger partial charge in [0.15, 0.2) is 0 Å². The minimum atomic E-state index is -1.02. The maximum absolute atomic E-state index is 12.1. The van der Waals surface area contributed by atoms with Crippen LogP contribution in [0.3, 0.4) is 0 Å². The molecule has 0 saturated carbocycles. The zero-order valence-electron chi connectivity index (χ0n) is 11.7. The van der Waals surface area contributed by atoms with Gasteiger partial charge in [-0.25, -0.2) is 0 Å². The Morgan fingerprint density at radius 3 is 2.81 bits per heavy atom. The van der Waals surface area contributed by atoms with E-state index in [9.17, 15) is 9.59 Å². The van der Waals surface area contributed by atoms with E-state index >= 15 is 0 Å². The molecule has 0 unspecified atom stereocenters. The average Bonchev–Trinajstić information content (AvgIpc) is 3.05. The zero-order valence-corrected chi connectivity index (χ0v) is 13.3. The Labute approximate surface area is 130 Å². The third-order valence-corrected chi connectivity index (χ3v) is 4.79. The number of rotatable bonds is 6. The van der Waals surface area contributed by atoms with Crippen LogP contribution in [0.4, 0.5) is 0 Å². The Kier molecular flexibility index (Phi) is 5.11. The number of carboxylic acid groups (broad SMARTS) is 1. The van der Waals surface area contributed by atoms with Crippen molar-refractivity contribution in [2.24, 2.45) is 0 Å². The minimum absolute atomic E-state index is 0.277. The quantitative estimate of drug-likeness (QED) is 0.887. The van der Waals surface area contributed by atoms with Crippen molar-refractivity contribution in [3.05, 3.63) is 33.3 Å². The molecule has 0 fully saturated rings. The first-order valence-corrected chi connectivity index (χ1v) is 7.84. The van der Waals surface area contributed by atoms with Crippen molar-refractivity contribution in [1.29, 1.82) is 0 Å². The van der Waals surface area contributed by atoms with Crippen molar-refractivity contribution in [2.75, 3.05) is 20.7 Å². The molecule has 2 aromatic heterocycles. The van der Waals surface area contributed by atoms with Crippen molar-refractivity contribution in [1.82, 2.24) is 4.90 Å². The lowest BCUT2D eigenvalue weighted by Crippen LogP contribution is -2.31. The number of aliphatic carboxylic acids is 1. The molecule has 0 aliphatic heterocycles. The molecule has 0 saturated heterocycles. The fourth-order valence-electron chi connectivity index (χ4n) is 1.80. The van der Waals surface area contributed by atoms with Gasteiger partial charge in [-0.2, -0.15) is 0 Å². The number of carboxylic acids is 1. The van der Waals surface area contributed by atoms with Gasteiger partial charge in [0, 0.05) is 29.5 Å². The van der Waals surface area contributed by atoms with Crippen molar-refractivity contribution >= 4 is 34.6 Å². The SMILES string of the molecule is COCc1cc(-c2ccc(C(=O)N(C)CC(=O)O)s2)cs1. The van der Waals surface area contributed by atoms with Crippen molar-refractivity contribution in [2.45, 2.75) is 6.61 Å². The van der Waals surface area contributed by atoms with Crippen LogP contribution in [-0.2, 0) is 16.1 Å². The number of likely N-dealkylation sites (N-methyl/N-ethyl adjacent to an activating group) is 1. The molecule has 7 heteroatoms. The highest BCUT2D eigenvalue weighted by atomic mass is 32.1. The highest BCUT2D eigenvalue weighted by molar-refractivity contribution is 7.18. The predicted octanol–water partition coefficient (Wildman–Crippen LogP) is 2.78. The van der Waals surface area contributed by atoms with Gasteiger partial charge in [0.05, 0.1) is 11.5 Å². The van der Waals surface area contributed by atoms with E-state index in [-0.39, 0.29) is 12.5 Å². The van der Waals surface area contributed by atoms with Crippen LogP contribution in [-0.4, -0.2) is 42.6 Å². The third-order valence-electron chi connectivity index (χ3n) is 2.76. The van der Waals surface area contributed by atoms with Gasteiger partial charge in [0.1, 0.15) is 6.54 Å². The van der Waals surface area contributed by atoms with E-state index in [4.69, 9.17) is 9.84 Å². The summed E-state index contributed by atoms with van der Waals surface area (Å²) in [7, 11) is 3.14. The molecule has 0 aliphatic rings. The maximum atomic E-state index is 12.1. The minimum Gasteiger partial charge on any atom is -0.480 e. The number of thiophene rings is 2. The summed E-state index contributed by atoms with van der Waals surface area (Å²) in [6.07, 6.45) is 0. The van der Waals surface area contributed by atoms with Gasteiger partial charge < -0.3 is 14.7 Å². The molecule has 0 aromatic carbocycles. The Hall–Kier alpha value is -1.70. The second-order valence-corrected chi connectivity index (χ2v) is 6.53. The Morgan fingerprint density at radius 2 is 2.14 bits per heavy atom. The van der Waals surface area contributed by atoms with E-state index in [1.165, 1.54) is 23.3 Å². The number of hydrogen-bond acceptors (Lipinski definition) is 5. The van der Waals surface area contributed by atoms with Crippen molar-refractivity contribution in [3.8, 4) is 10.4 Å². The molecule has 112 valence electrons. The van der Waals surface area contributed by atoms with E-state index in [0.717, 1.165) is 15.3 Å². The van der Waals surface area contributed by atoms with Gasteiger partial charge in [0.2, 0.25) is 0 Å². The van der Waals surface area contributed by atoms with E-state index < -0.39 is 5.97 Å². The van der Waals surface area contributed by atoms with E-state index in [1.807, 2.05) is 17.5 Å². The lowest BCUT2D eigenvalue weighted by molar-refractivity contribution is -0.137. The summed E-state index contributed by atoms with van der Waals surface area (Å²) in [5.74, 6) is -1.30. The fraction of sp³-hybridized carbons (Fsp3) is 0.286. The van der Waals surface area contributed by atoms with Gasteiger partial charge >= 0.3 is 5.97 Å². The number of carbonyl (C=O) groups excluding carboxylic acids is 1. The number of carbonyl (C=O) groups is 2. The third kappa shape index (κ3) is 3.90. The second kappa shape index (κ2) is 6.84. The summed E-state index contributed by atoms with van der Waals surface area (Å²) in [5.41, 5.74) is 1.05. The molecular weight excluding hydrogens is 310 g/mol. The Bertz CT molecular complexity index is 647. The lowest BCUT2D eigenvalue weighted by Gasteiger charge is -2.12. The molecule has 1 amide bonds. The van der Waals surface area contributed by atoms with Gasteiger partial charge in [-0.3, -0.25) is 9.59 Å². The molecular formula is C14H15NO4S2. The van der Waals surface area contributed by atoms with Crippen LogP contribution in [0.2, 0.25) is 0 Å². The molecule has 0 radical (unpaired) electrons. The molecule has 2 heterocycles. The Morgan fingerprint density at radius 1 is 1.38 bits per heavy atom. The second-order valence-electron chi connectivity index (χ2n) is 4.45. The molecule has 2 rings (SSSR count). The summed E-state index contributed by atoms with van der Waals surface area (Å²) in [4.78, 5) is 26.6. The maximum Gasteiger partial charge on any atom is 0.323 e. The zero-order chi connectivity index (χ0) is 15.4.